The predicted octanol–water partition coefficient (Wildman–Crippen LogP) is 3.17. The van der Waals surface area contributed by atoms with Crippen LogP contribution in [-0.2, 0) is 6.42 Å². The molecule has 2 N–H and O–H groups in total. The minimum absolute atomic E-state index is 0.0851. The van der Waals surface area contributed by atoms with Gasteiger partial charge in [-0.25, -0.2) is 4.79 Å². The van der Waals surface area contributed by atoms with Gasteiger partial charge in [-0.2, -0.15) is 0 Å². The van der Waals surface area contributed by atoms with Crippen molar-refractivity contribution in [1.82, 2.24) is 15.5 Å². The Bertz CT molecular complexity index is 463. The van der Waals surface area contributed by atoms with Gasteiger partial charge in [-0.1, -0.05) is 34.5 Å². The van der Waals surface area contributed by atoms with Crippen molar-refractivity contribution < 1.29 is 4.79 Å². The highest BCUT2D eigenvalue weighted by molar-refractivity contribution is 9.10. The summed E-state index contributed by atoms with van der Waals surface area (Å²) in [6, 6.07) is 8.95. The molecular formula is C17H26BrN3O. The highest BCUT2D eigenvalue weighted by Gasteiger charge is 2.25. The molecule has 1 aromatic carbocycles. The maximum Gasteiger partial charge on any atom is 0.317 e. The number of aryl methyl sites for hydroxylation is 1. The standard InChI is InChI=1S/C17H26BrN3O/c1-2-20-17(22)21-12-11-19-13-16(21)6-4-3-5-14-7-9-15(18)10-8-14/h7-10,16,19H,2-6,11-13H2,1H3,(H,20,22). The fraction of sp³-hybridized carbons (Fsp3) is 0.588. The van der Waals surface area contributed by atoms with Crippen LogP contribution >= 0.6 is 15.9 Å². The van der Waals surface area contributed by atoms with Gasteiger partial charge in [-0.15, -0.1) is 0 Å². The van der Waals surface area contributed by atoms with Gasteiger partial charge in [0.2, 0.25) is 0 Å². The van der Waals surface area contributed by atoms with Crippen molar-refractivity contribution in [1.29, 1.82) is 0 Å². The van der Waals surface area contributed by atoms with Gasteiger partial charge in [0.25, 0.3) is 0 Å². The Morgan fingerprint density at radius 1 is 1.36 bits per heavy atom. The van der Waals surface area contributed by atoms with Crippen LogP contribution < -0.4 is 10.6 Å². The van der Waals surface area contributed by atoms with Crippen molar-refractivity contribution in [3.05, 3.63) is 34.3 Å². The zero-order valence-electron chi connectivity index (χ0n) is 13.3. The van der Waals surface area contributed by atoms with Crippen molar-refractivity contribution in [3.63, 3.8) is 0 Å². The fourth-order valence-corrected chi connectivity index (χ4v) is 3.16. The molecule has 0 aromatic heterocycles. The summed E-state index contributed by atoms with van der Waals surface area (Å²) in [4.78, 5) is 14.1. The van der Waals surface area contributed by atoms with E-state index in [4.69, 9.17) is 0 Å². The first-order chi connectivity index (χ1) is 10.7. The largest absolute Gasteiger partial charge is 0.338 e. The first-order valence-corrected chi connectivity index (χ1v) is 8.99. The minimum Gasteiger partial charge on any atom is -0.338 e. The Hall–Kier alpha value is -1.07. The maximum atomic E-state index is 12.1. The van der Waals surface area contributed by atoms with E-state index in [1.165, 1.54) is 12.0 Å². The number of carbonyl (C=O) groups is 1. The lowest BCUT2D eigenvalue weighted by Crippen LogP contribution is -2.56. The van der Waals surface area contributed by atoms with Gasteiger partial charge < -0.3 is 15.5 Å². The number of amides is 2. The Morgan fingerprint density at radius 3 is 2.86 bits per heavy atom. The summed E-state index contributed by atoms with van der Waals surface area (Å²) in [5, 5.41) is 6.32. The number of unbranched alkanes of at least 4 members (excludes halogenated alkanes) is 1. The molecule has 1 saturated heterocycles. The number of nitrogens with zero attached hydrogens (tertiary/aromatic N) is 1. The van der Waals surface area contributed by atoms with Crippen molar-refractivity contribution in [2.75, 3.05) is 26.2 Å². The molecule has 1 fully saturated rings. The van der Waals surface area contributed by atoms with Gasteiger partial charge in [0.05, 0.1) is 0 Å². The average Bonchev–Trinajstić information content (AvgIpc) is 2.54. The van der Waals surface area contributed by atoms with E-state index in [9.17, 15) is 4.79 Å². The summed E-state index contributed by atoms with van der Waals surface area (Å²) in [6.45, 7) is 5.28. The van der Waals surface area contributed by atoms with Crippen molar-refractivity contribution >= 4 is 22.0 Å². The molecule has 0 aliphatic carbocycles. The predicted molar refractivity (Wildman–Crippen MR) is 94.1 cm³/mol. The highest BCUT2D eigenvalue weighted by atomic mass is 79.9. The second-order valence-electron chi connectivity index (χ2n) is 5.76. The third-order valence-electron chi connectivity index (χ3n) is 4.11. The summed E-state index contributed by atoms with van der Waals surface area (Å²) in [6.07, 6.45) is 4.49. The number of urea groups is 1. The lowest BCUT2D eigenvalue weighted by atomic mass is 10.0. The minimum atomic E-state index is 0.0851. The van der Waals surface area contributed by atoms with E-state index < -0.39 is 0 Å². The molecule has 22 heavy (non-hydrogen) atoms. The summed E-state index contributed by atoms with van der Waals surface area (Å²) in [5.41, 5.74) is 1.38. The summed E-state index contributed by atoms with van der Waals surface area (Å²) in [7, 11) is 0. The summed E-state index contributed by atoms with van der Waals surface area (Å²) in [5.74, 6) is 0. The Morgan fingerprint density at radius 2 is 2.14 bits per heavy atom. The van der Waals surface area contributed by atoms with E-state index in [0.29, 0.717) is 12.6 Å². The number of piperazine rings is 1. The van der Waals surface area contributed by atoms with E-state index in [2.05, 4.69) is 50.8 Å². The molecule has 1 aliphatic heterocycles. The van der Waals surface area contributed by atoms with E-state index >= 15 is 0 Å². The van der Waals surface area contributed by atoms with Crippen LogP contribution in [0.15, 0.2) is 28.7 Å². The zero-order valence-corrected chi connectivity index (χ0v) is 14.9. The first kappa shape index (κ1) is 17.3. The fourth-order valence-electron chi connectivity index (χ4n) is 2.90. The van der Waals surface area contributed by atoms with Gasteiger partial charge in [-0.05, 0) is 43.9 Å². The SMILES string of the molecule is CCNC(=O)N1CCNCC1CCCCc1ccc(Br)cc1. The number of rotatable bonds is 6. The van der Waals surface area contributed by atoms with E-state index in [0.717, 1.165) is 43.4 Å². The first-order valence-electron chi connectivity index (χ1n) is 8.20. The molecule has 0 bridgehead atoms. The molecule has 0 saturated carbocycles. The van der Waals surface area contributed by atoms with Crippen LogP contribution in [0.1, 0.15) is 31.7 Å². The Labute approximate surface area is 141 Å². The van der Waals surface area contributed by atoms with Gasteiger partial charge in [0.1, 0.15) is 0 Å². The van der Waals surface area contributed by atoms with Crippen LogP contribution in [0, 0.1) is 0 Å². The molecule has 0 spiro atoms. The van der Waals surface area contributed by atoms with E-state index in [1.54, 1.807) is 0 Å². The number of benzene rings is 1. The maximum absolute atomic E-state index is 12.1. The number of carbonyl (C=O) groups excluding carboxylic acids is 1. The van der Waals surface area contributed by atoms with E-state index in [-0.39, 0.29) is 6.03 Å². The lowest BCUT2D eigenvalue weighted by molar-refractivity contribution is 0.153. The number of hydrogen-bond acceptors (Lipinski definition) is 2. The van der Waals surface area contributed by atoms with Crippen LogP contribution in [0.5, 0.6) is 0 Å². The quantitative estimate of drug-likeness (QED) is 0.758. The highest BCUT2D eigenvalue weighted by Crippen LogP contribution is 2.15. The number of nitrogens with one attached hydrogen (secondary N) is 2. The smallest absolute Gasteiger partial charge is 0.317 e. The van der Waals surface area contributed by atoms with Crippen molar-refractivity contribution in [3.8, 4) is 0 Å². The third-order valence-corrected chi connectivity index (χ3v) is 4.63. The monoisotopic (exact) mass is 367 g/mol. The Balaban J connectivity index is 1.74. The van der Waals surface area contributed by atoms with Crippen LogP contribution in [-0.4, -0.2) is 43.2 Å². The summed E-state index contributed by atoms with van der Waals surface area (Å²) >= 11 is 3.46. The van der Waals surface area contributed by atoms with Crippen LogP contribution in [0.2, 0.25) is 0 Å². The molecule has 1 atom stereocenters. The Kier molecular flexibility index (Phi) is 7.19. The molecule has 2 amide bonds. The normalized spacial score (nSPS) is 18.3. The van der Waals surface area contributed by atoms with Crippen LogP contribution in [0.3, 0.4) is 0 Å². The van der Waals surface area contributed by atoms with Crippen molar-refractivity contribution in [2.24, 2.45) is 0 Å². The third kappa shape index (κ3) is 5.29. The molecule has 5 heteroatoms. The molecular weight excluding hydrogens is 342 g/mol. The van der Waals surface area contributed by atoms with E-state index in [1.807, 2.05) is 11.8 Å². The molecule has 1 aromatic rings. The number of hydrogen-bond donors (Lipinski definition) is 2. The molecule has 1 aliphatic rings. The zero-order chi connectivity index (χ0) is 15.8. The van der Waals surface area contributed by atoms with Gasteiger partial charge in [-0.3, -0.25) is 0 Å². The average molecular weight is 368 g/mol. The van der Waals surface area contributed by atoms with Crippen LogP contribution in [0.25, 0.3) is 0 Å². The second kappa shape index (κ2) is 9.16. The molecule has 0 radical (unpaired) electrons. The molecule has 2 rings (SSSR count). The lowest BCUT2D eigenvalue weighted by Gasteiger charge is -2.36. The molecule has 4 nitrogen and oxygen atoms in total. The van der Waals surface area contributed by atoms with Gasteiger partial charge in [0.15, 0.2) is 0 Å². The van der Waals surface area contributed by atoms with Crippen LogP contribution in [0.4, 0.5) is 4.79 Å². The second-order valence-corrected chi connectivity index (χ2v) is 6.67. The van der Waals surface area contributed by atoms with Gasteiger partial charge in [0, 0.05) is 36.7 Å². The summed E-state index contributed by atoms with van der Waals surface area (Å²) < 4.78 is 1.13. The molecule has 1 heterocycles. The number of halogens is 1. The molecule has 1 unspecified atom stereocenters. The molecule has 122 valence electrons. The van der Waals surface area contributed by atoms with Crippen molar-refractivity contribution in [2.45, 2.75) is 38.6 Å². The topological polar surface area (TPSA) is 44.4 Å². The van der Waals surface area contributed by atoms with Gasteiger partial charge >= 0.3 is 6.03 Å².